The zero-order chi connectivity index (χ0) is 9.68. The zero-order valence-electron chi connectivity index (χ0n) is 8.12. The van der Waals surface area contributed by atoms with Gasteiger partial charge in [0.25, 0.3) is 0 Å². The molecule has 1 aromatic rings. The molecule has 0 aliphatic carbocycles. The summed E-state index contributed by atoms with van der Waals surface area (Å²) in [5.74, 6) is 0. The van der Waals surface area contributed by atoms with E-state index in [1.165, 1.54) is 0 Å². The van der Waals surface area contributed by atoms with E-state index >= 15 is 0 Å². The number of nitrogens with two attached hydrogens (primary N) is 1. The SMILES string of the molecule is CCC(OC)c1nc(CCN)cs1. The molecule has 0 saturated heterocycles. The Morgan fingerprint density at radius 2 is 2.46 bits per heavy atom. The molecule has 2 N–H and O–H groups in total. The molecule has 1 rings (SSSR count). The van der Waals surface area contributed by atoms with Crippen LogP contribution < -0.4 is 5.73 Å². The van der Waals surface area contributed by atoms with Crippen LogP contribution in [0.1, 0.15) is 30.2 Å². The van der Waals surface area contributed by atoms with Gasteiger partial charge in [-0.2, -0.15) is 0 Å². The predicted octanol–water partition coefficient (Wildman–Crippen LogP) is 1.74. The average molecular weight is 200 g/mol. The zero-order valence-corrected chi connectivity index (χ0v) is 8.93. The minimum Gasteiger partial charge on any atom is -0.374 e. The van der Waals surface area contributed by atoms with Gasteiger partial charge in [-0.15, -0.1) is 11.3 Å². The molecular formula is C9H16N2OS. The summed E-state index contributed by atoms with van der Waals surface area (Å²) in [7, 11) is 1.72. The highest BCUT2D eigenvalue weighted by Crippen LogP contribution is 2.23. The van der Waals surface area contributed by atoms with Crippen molar-refractivity contribution < 1.29 is 4.74 Å². The van der Waals surface area contributed by atoms with Gasteiger partial charge < -0.3 is 10.5 Å². The fraction of sp³-hybridized carbons (Fsp3) is 0.667. The molecule has 1 unspecified atom stereocenters. The highest BCUT2D eigenvalue weighted by molar-refractivity contribution is 7.09. The molecule has 0 aliphatic heterocycles. The molecule has 0 spiro atoms. The number of hydrogen-bond acceptors (Lipinski definition) is 4. The Labute approximate surface area is 82.9 Å². The number of nitrogens with zero attached hydrogens (tertiary/aromatic N) is 1. The summed E-state index contributed by atoms with van der Waals surface area (Å²) in [6, 6.07) is 0. The standard InChI is InChI=1S/C9H16N2OS/c1-3-8(12-2)9-11-7(4-5-10)6-13-9/h6,8H,3-5,10H2,1-2H3. The first kappa shape index (κ1) is 10.6. The molecule has 4 heteroatoms. The Morgan fingerprint density at radius 1 is 1.69 bits per heavy atom. The second-order valence-electron chi connectivity index (χ2n) is 2.85. The maximum atomic E-state index is 5.44. The molecule has 1 aromatic heterocycles. The van der Waals surface area contributed by atoms with Gasteiger partial charge in [0.2, 0.25) is 0 Å². The van der Waals surface area contributed by atoms with E-state index < -0.39 is 0 Å². The lowest BCUT2D eigenvalue weighted by Gasteiger charge is -2.08. The normalized spacial score (nSPS) is 13.2. The number of aromatic nitrogens is 1. The fourth-order valence-electron chi connectivity index (χ4n) is 1.18. The van der Waals surface area contributed by atoms with Crippen molar-refractivity contribution in [3.8, 4) is 0 Å². The molecule has 1 heterocycles. The average Bonchev–Trinajstić information content (AvgIpc) is 2.56. The van der Waals surface area contributed by atoms with Gasteiger partial charge in [0, 0.05) is 18.9 Å². The van der Waals surface area contributed by atoms with E-state index in [1.54, 1.807) is 18.4 Å². The summed E-state index contributed by atoms with van der Waals surface area (Å²) in [6.07, 6.45) is 1.97. The fourth-order valence-corrected chi connectivity index (χ4v) is 2.19. The first-order valence-corrected chi connectivity index (χ1v) is 5.37. The van der Waals surface area contributed by atoms with E-state index in [4.69, 9.17) is 10.5 Å². The maximum Gasteiger partial charge on any atom is 0.122 e. The van der Waals surface area contributed by atoms with Crippen molar-refractivity contribution in [2.45, 2.75) is 25.9 Å². The van der Waals surface area contributed by atoms with Gasteiger partial charge in [0.05, 0.1) is 5.69 Å². The summed E-state index contributed by atoms with van der Waals surface area (Å²) in [4.78, 5) is 4.46. The lowest BCUT2D eigenvalue weighted by atomic mass is 10.3. The molecule has 0 aromatic carbocycles. The second kappa shape index (κ2) is 5.32. The molecule has 0 aliphatic rings. The molecule has 0 saturated carbocycles. The van der Waals surface area contributed by atoms with Gasteiger partial charge in [0.1, 0.15) is 11.1 Å². The molecule has 3 nitrogen and oxygen atoms in total. The Bertz CT molecular complexity index is 246. The van der Waals surface area contributed by atoms with Crippen LogP contribution in [0, 0.1) is 0 Å². The Kier molecular flexibility index (Phi) is 4.35. The predicted molar refractivity (Wildman–Crippen MR) is 54.9 cm³/mol. The topological polar surface area (TPSA) is 48.1 Å². The van der Waals surface area contributed by atoms with Gasteiger partial charge in [-0.25, -0.2) is 4.98 Å². The van der Waals surface area contributed by atoms with Crippen molar-refractivity contribution in [1.29, 1.82) is 0 Å². The summed E-state index contributed by atoms with van der Waals surface area (Å²) in [5.41, 5.74) is 6.53. The summed E-state index contributed by atoms with van der Waals surface area (Å²) < 4.78 is 5.29. The monoisotopic (exact) mass is 200 g/mol. The number of ether oxygens (including phenoxy) is 1. The summed E-state index contributed by atoms with van der Waals surface area (Å²) in [6.45, 7) is 2.76. The van der Waals surface area contributed by atoms with E-state index in [1.807, 2.05) is 0 Å². The number of hydrogen-bond donors (Lipinski definition) is 1. The van der Waals surface area contributed by atoms with E-state index in [2.05, 4.69) is 17.3 Å². The van der Waals surface area contributed by atoms with Crippen molar-refractivity contribution in [2.24, 2.45) is 5.73 Å². The van der Waals surface area contributed by atoms with Crippen LogP contribution in [0.3, 0.4) is 0 Å². The van der Waals surface area contributed by atoms with Gasteiger partial charge in [-0.1, -0.05) is 6.92 Å². The molecule has 0 amide bonds. The smallest absolute Gasteiger partial charge is 0.122 e. The largest absolute Gasteiger partial charge is 0.374 e. The first-order chi connectivity index (χ1) is 6.31. The van der Waals surface area contributed by atoms with Crippen LogP contribution in [0.2, 0.25) is 0 Å². The number of rotatable bonds is 5. The van der Waals surface area contributed by atoms with E-state index in [0.29, 0.717) is 6.54 Å². The Morgan fingerprint density at radius 3 is 3.00 bits per heavy atom. The number of methoxy groups -OCH3 is 1. The third kappa shape index (κ3) is 2.76. The van der Waals surface area contributed by atoms with E-state index in [9.17, 15) is 0 Å². The van der Waals surface area contributed by atoms with E-state index in [-0.39, 0.29) is 6.10 Å². The lowest BCUT2D eigenvalue weighted by molar-refractivity contribution is 0.0997. The van der Waals surface area contributed by atoms with Crippen LogP contribution in [0.4, 0.5) is 0 Å². The van der Waals surface area contributed by atoms with Gasteiger partial charge in [0.15, 0.2) is 0 Å². The second-order valence-corrected chi connectivity index (χ2v) is 3.74. The quantitative estimate of drug-likeness (QED) is 0.787. The molecule has 1 atom stereocenters. The third-order valence-electron chi connectivity index (χ3n) is 1.90. The van der Waals surface area contributed by atoms with Crippen LogP contribution >= 0.6 is 11.3 Å². The molecule has 13 heavy (non-hydrogen) atoms. The first-order valence-electron chi connectivity index (χ1n) is 4.49. The molecule has 0 radical (unpaired) electrons. The maximum absolute atomic E-state index is 5.44. The minimum absolute atomic E-state index is 0.150. The van der Waals surface area contributed by atoms with Crippen LogP contribution in [0.15, 0.2) is 5.38 Å². The summed E-state index contributed by atoms with van der Waals surface area (Å²) in [5, 5.41) is 3.12. The van der Waals surface area contributed by atoms with E-state index in [0.717, 1.165) is 23.5 Å². The molecule has 0 bridgehead atoms. The molecular weight excluding hydrogens is 184 g/mol. The van der Waals surface area contributed by atoms with Crippen molar-refractivity contribution in [1.82, 2.24) is 4.98 Å². The third-order valence-corrected chi connectivity index (χ3v) is 2.89. The molecule has 0 fully saturated rings. The minimum atomic E-state index is 0.150. The summed E-state index contributed by atoms with van der Waals surface area (Å²) >= 11 is 1.66. The van der Waals surface area contributed by atoms with Crippen LogP contribution in [0.25, 0.3) is 0 Å². The molecule has 74 valence electrons. The van der Waals surface area contributed by atoms with Crippen molar-refractivity contribution in [3.05, 3.63) is 16.1 Å². The van der Waals surface area contributed by atoms with Gasteiger partial charge in [-0.3, -0.25) is 0 Å². The number of thiazole rings is 1. The highest BCUT2D eigenvalue weighted by atomic mass is 32.1. The van der Waals surface area contributed by atoms with Crippen LogP contribution in [-0.4, -0.2) is 18.6 Å². The van der Waals surface area contributed by atoms with Crippen molar-refractivity contribution in [2.75, 3.05) is 13.7 Å². The van der Waals surface area contributed by atoms with Crippen LogP contribution in [-0.2, 0) is 11.2 Å². The lowest BCUT2D eigenvalue weighted by Crippen LogP contribution is -2.04. The Balaban J connectivity index is 2.66. The van der Waals surface area contributed by atoms with Gasteiger partial charge >= 0.3 is 0 Å². The van der Waals surface area contributed by atoms with Crippen LogP contribution in [0.5, 0.6) is 0 Å². The van der Waals surface area contributed by atoms with Crippen molar-refractivity contribution in [3.63, 3.8) is 0 Å². The highest BCUT2D eigenvalue weighted by Gasteiger charge is 2.11. The van der Waals surface area contributed by atoms with Gasteiger partial charge in [-0.05, 0) is 13.0 Å². The Hall–Kier alpha value is -0.450. The van der Waals surface area contributed by atoms with Crippen molar-refractivity contribution >= 4 is 11.3 Å².